The highest BCUT2D eigenvalue weighted by atomic mass is 19.1. The molecule has 11 nitrogen and oxygen atoms in total. The number of hydrogen-bond donors (Lipinski definition) is 1. The largest absolute Gasteiger partial charge is 0.378 e. The van der Waals surface area contributed by atoms with Gasteiger partial charge >= 0.3 is 0 Å². The van der Waals surface area contributed by atoms with Gasteiger partial charge in [0.1, 0.15) is 23.1 Å². The Morgan fingerprint density at radius 2 is 1.81 bits per heavy atom. The molecular formula is C39H41F2N7O4. The first-order valence-electron chi connectivity index (χ1n) is 17.4. The molecule has 5 heterocycles. The van der Waals surface area contributed by atoms with E-state index in [0.29, 0.717) is 35.3 Å². The van der Waals surface area contributed by atoms with Gasteiger partial charge in [-0.2, -0.15) is 9.78 Å². The second-order valence-electron chi connectivity index (χ2n) is 14.6. The maximum atomic E-state index is 15.4. The maximum Gasteiger partial charge on any atom is 0.282 e. The number of fused-ring (bicyclic) bond motifs is 1. The second kappa shape index (κ2) is 13.7. The van der Waals surface area contributed by atoms with Crippen LogP contribution in [-0.2, 0) is 17.2 Å². The molecule has 1 atom stereocenters. The molecule has 2 fully saturated rings. The number of piperazine rings is 1. The van der Waals surface area contributed by atoms with Gasteiger partial charge in [0.05, 0.1) is 48.4 Å². The number of aldehydes is 1. The normalized spacial score (nSPS) is 17.0. The van der Waals surface area contributed by atoms with Gasteiger partial charge < -0.3 is 19.5 Å². The van der Waals surface area contributed by atoms with Crippen LogP contribution in [0.4, 0.5) is 26.0 Å². The standard InChI is InChI=1S/C39H41F2N7O4/c1-6-27-19-46(29-21-52-22-29)9-10-47(27)28-7-8-35(42-17-28)44-33-12-24(18-45(5)37(33)50)30-14-26(40)15-34(31(30)20-49)48-38(51)36-23(16-43-48)11-25(13-32(36)41)39(2,3)4/h7-8,11-18,20,27,29H,6,9-10,19,21-22H2,1-5H3,(H,42,44)/t27-/m0/s1. The van der Waals surface area contributed by atoms with Crippen molar-refractivity contribution in [3.8, 4) is 16.8 Å². The number of aryl methyl sites for hydroxylation is 1. The Morgan fingerprint density at radius 3 is 2.46 bits per heavy atom. The van der Waals surface area contributed by atoms with Gasteiger partial charge in [0.25, 0.3) is 11.1 Å². The minimum Gasteiger partial charge on any atom is -0.378 e. The summed E-state index contributed by atoms with van der Waals surface area (Å²) in [6.45, 7) is 12.3. The number of aromatic nitrogens is 4. The van der Waals surface area contributed by atoms with Crippen LogP contribution in [0.25, 0.3) is 27.6 Å². The van der Waals surface area contributed by atoms with Crippen LogP contribution in [0.15, 0.2) is 70.6 Å². The smallest absolute Gasteiger partial charge is 0.282 e. The third-order valence-corrected chi connectivity index (χ3v) is 10.1. The van der Waals surface area contributed by atoms with Gasteiger partial charge in [-0.3, -0.25) is 19.3 Å². The van der Waals surface area contributed by atoms with E-state index in [4.69, 9.17) is 4.74 Å². The molecular weight excluding hydrogens is 668 g/mol. The van der Waals surface area contributed by atoms with E-state index < -0.39 is 17.2 Å². The van der Waals surface area contributed by atoms with Crippen LogP contribution in [0.5, 0.6) is 0 Å². The van der Waals surface area contributed by atoms with Crippen molar-refractivity contribution in [1.82, 2.24) is 24.2 Å². The minimum atomic E-state index is -0.840. The number of hydrogen-bond acceptors (Lipinski definition) is 9. The van der Waals surface area contributed by atoms with Crippen molar-refractivity contribution < 1.29 is 18.3 Å². The number of nitrogens with one attached hydrogen (secondary N) is 1. The van der Waals surface area contributed by atoms with Crippen LogP contribution in [0, 0.1) is 11.6 Å². The molecule has 3 aromatic heterocycles. The summed E-state index contributed by atoms with van der Waals surface area (Å²) in [5, 5.41) is 7.37. The molecule has 0 saturated carbocycles. The van der Waals surface area contributed by atoms with E-state index in [9.17, 15) is 14.4 Å². The van der Waals surface area contributed by atoms with Crippen LogP contribution >= 0.6 is 0 Å². The lowest BCUT2D eigenvalue weighted by Crippen LogP contribution is -2.60. The third-order valence-electron chi connectivity index (χ3n) is 10.1. The first kappa shape index (κ1) is 35.1. The first-order chi connectivity index (χ1) is 24.9. The van der Waals surface area contributed by atoms with Crippen molar-refractivity contribution in [2.75, 3.05) is 43.1 Å². The molecule has 0 aliphatic carbocycles. The van der Waals surface area contributed by atoms with Gasteiger partial charge in [0.15, 0.2) is 6.29 Å². The number of pyridine rings is 2. The topological polar surface area (TPSA) is 115 Å². The Balaban J connectivity index is 1.21. The fraction of sp³-hybridized carbons (Fsp3) is 0.359. The van der Waals surface area contributed by atoms with Crippen molar-refractivity contribution in [2.45, 2.75) is 51.6 Å². The van der Waals surface area contributed by atoms with Gasteiger partial charge in [0, 0.05) is 61.5 Å². The summed E-state index contributed by atoms with van der Waals surface area (Å²) in [5.41, 5.74) is 0.417. The summed E-state index contributed by atoms with van der Waals surface area (Å²) in [6, 6.07) is 11.3. The Labute approximate surface area is 299 Å². The fourth-order valence-electron chi connectivity index (χ4n) is 7.03. The van der Waals surface area contributed by atoms with Crippen LogP contribution < -0.4 is 21.3 Å². The van der Waals surface area contributed by atoms with Gasteiger partial charge in [-0.05, 0) is 59.4 Å². The average Bonchev–Trinajstić information content (AvgIpc) is 3.09. The summed E-state index contributed by atoms with van der Waals surface area (Å²) >= 11 is 0. The van der Waals surface area contributed by atoms with Crippen molar-refractivity contribution in [3.05, 3.63) is 105 Å². The quantitative estimate of drug-likeness (QED) is 0.207. The molecule has 0 radical (unpaired) electrons. The molecule has 270 valence electrons. The number of ether oxygens (including phenoxy) is 1. The molecule has 52 heavy (non-hydrogen) atoms. The van der Waals surface area contributed by atoms with Crippen LogP contribution in [-0.4, -0.2) is 75.4 Å². The maximum absolute atomic E-state index is 15.4. The van der Waals surface area contributed by atoms with Crippen LogP contribution in [0.3, 0.4) is 0 Å². The predicted octanol–water partition coefficient (Wildman–Crippen LogP) is 5.58. The van der Waals surface area contributed by atoms with E-state index in [1.807, 2.05) is 26.8 Å². The van der Waals surface area contributed by atoms with E-state index in [1.165, 1.54) is 29.1 Å². The Morgan fingerprint density at radius 1 is 1.02 bits per heavy atom. The zero-order valence-electron chi connectivity index (χ0n) is 29.8. The van der Waals surface area contributed by atoms with E-state index in [0.717, 1.165) is 61.8 Å². The van der Waals surface area contributed by atoms with Gasteiger partial charge in [-0.15, -0.1) is 0 Å². The molecule has 0 bridgehead atoms. The first-order valence-corrected chi connectivity index (χ1v) is 17.4. The number of nitrogens with zero attached hydrogens (tertiary/aromatic N) is 6. The lowest BCUT2D eigenvalue weighted by molar-refractivity contribution is -0.0698. The second-order valence-corrected chi connectivity index (χ2v) is 14.6. The number of anilines is 3. The average molecular weight is 710 g/mol. The summed E-state index contributed by atoms with van der Waals surface area (Å²) in [5.74, 6) is -1.08. The number of carbonyl (C=O) groups is 1. The molecule has 2 aliphatic rings. The summed E-state index contributed by atoms with van der Waals surface area (Å²) in [6.07, 6.45) is 6.06. The Bertz CT molecular complexity index is 2290. The molecule has 0 amide bonds. The highest BCUT2D eigenvalue weighted by Crippen LogP contribution is 2.32. The lowest BCUT2D eigenvalue weighted by Gasteiger charge is -2.47. The summed E-state index contributed by atoms with van der Waals surface area (Å²) < 4.78 is 38.3. The Hall–Kier alpha value is -5.27. The van der Waals surface area contributed by atoms with Crippen molar-refractivity contribution in [3.63, 3.8) is 0 Å². The molecule has 1 N–H and O–H groups in total. The summed E-state index contributed by atoms with van der Waals surface area (Å²) in [7, 11) is 1.54. The van der Waals surface area contributed by atoms with E-state index in [2.05, 4.69) is 32.1 Å². The van der Waals surface area contributed by atoms with Crippen LogP contribution in [0.1, 0.15) is 50.0 Å². The Kier molecular flexibility index (Phi) is 9.26. The van der Waals surface area contributed by atoms with Crippen LogP contribution in [0.2, 0.25) is 0 Å². The number of rotatable bonds is 8. The van der Waals surface area contributed by atoms with E-state index in [1.54, 1.807) is 25.4 Å². The predicted molar refractivity (Wildman–Crippen MR) is 197 cm³/mol. The fourth-order valence-corrected chi connectivity index (χ4v) is 7.03. The molecule has 7 rings (SSSR count). The number of carbonyl (C=O) groups excluding carboxylic acids is 1. The zero-order chi connectivity index (χ0) is 36.9. The van der Waals surface area contributed by atoms with Crippen molar-refractivity contribution in [1.29, 1.82) is 0 Å². The molecule has 0 unspecified atom stereocenters. The highest BCUT2D eigenvalue weighted by molar-refractivity contribution is 5.93. The molecule has 0 spiro atoms. The molecule has 5 aromatic rings. The van der Waals surface area contributed by atoms with Crippen molar-refractivity contribution >= 4 is 34.3 Å². The molecule has 2 aromatic carbocycles. The lowest BCUT2D eigenvalue weighted by atomic mass is 9.86. The molecule has 2 aliphatic heterocycles. The van der Waals surface area contributed by atoms with Gasteiger partial charge in [0.2, 0.25) is 0 Å². The number of halogens is 2. The summed E-state index contributed by atoms with van der Waals surface area (Å²) in [4.78, 5) is 49.1. The zero-order valence-corrected chi connectivity index (χ0v) is 29.8. The monoisotopic (exact) mass is 709 g/mol. The van der Waals surface area contributed by atoms with Gasteiger partial charge in [-0.1, -0.05) is 27.7 Å². The minimum absolute atomic E-state index is 0.0652. The van der Waals surface area contributed by atoms with E-state index >= 15 is 8.78 Å². The SMILES string of the molecule is CC[C@H]1CN(C2COC2)CCN1c1ccc(Nc2cc(-c3cc(F)cc(-n4ncc5cc(C(C)(C)C)cc(F)c5c4=O)c3C=O)cn(C)c2=O)nc1. The van der Waals surface area contributed by atoms with Crippen molar-refractivity contribution in [2.24, 2.45) is 7.05 Å². The van der Waals surface area contributed by atoms with Gasteiger partial charge in [-0.25, -0.2) is 13.8 Å². The molecule has 13 heteroatoms. The third kappa shape index (κ3) is 6.50. The van der Waals surface area contributed by atoms with E-state index in [-0.39, 0.29) is 44.2 Å². The number of benzene rings is 2. The molecule has 2 saturated heterocycles. The highest BCUT2D eigenvalue weighted by Gasteiger charge is 2.33.